The van der Waals surface area contributed by atoms with Gasteiger partial charge in [0.15, 0.2) is 0 Å². The maximum atomic E-state index is 11.6. The summed E-state index contributed by atoms with van der Waals surface area (Å²) in [6.45, 7) is 0. The molecule has 16 heavy (non-hydrogen) atoms. The minimum Gasteiger partial charge on any atom is -0.212 e. The Hall–Kier alpha value is -1.27. The van der Waals surface area contributed by atoms with Crippen LogP contribution < -0.4 is 4.72 Å². The van der Waals surface area contributed by atoms with E-state index in [-0.39, 0.29) is 11.8 Å². The second kappa shape index (κ2) is 4.31. The van der Waals surface area contributed by atoms with E-state index in [1.807, 2.05) is 0 Å². The van der Waals surface area contributed by atoms with E-state index in [1.54, 1.807) is 12.1 Å². The summed E-state index contributed by atoms with van der Waals surface area (Å²) in [6.07, 6.45) is 1.85. The lowest BCUT2D eigenvalue weighted by Gasteiger charge is -2.05. The van der Waals surface area contributed by atoms with Crippen molar-refractivity contribution in [2.24, 2.45) is 5.18 Å². The SMILES string of the molecule is O=Nc1ccc(CS(=O)(=O)NC2CC2)cc1. The summed E-state index contributed by atoms with van der Waals surface area (Å²) >= 11 is 0. The number of sulfonamides is 1. The molecular formula is C10H12N2O3S. The van der Waals surface area contributed by atoms with Gasteiger partial charge in [-0.3, -0.25) is 0 Å². The molecule has 6 heteroatoms. The molecule has 1 aliphatic carbocycles. The summed E-state index contributed by atoms with van der Waals surface area (Å²) < 4.78 is 25.8. The highest BCUT2D eigenvalue weighted by Crippen LogP contribution is 2.21. The van der Waals surface area contributed by atoms with Crippen molar-refractivity contribution in [3.05, 3.63) is 34.7 Å². The number of nitrogens with zero attached hydrogens (tertiary/aromatic N) is 1. The van der Waals surface area contributed by atoms with Crippen molar-refractivity contribution in [2.75, 3.05) is 0 Å². The molecule has 0 heterocycles. The van der Waals surface area contributed by atoms with Gasteiger partial charge in [0.25, 0.3) is 0 Å². The van der Waals surface area contributed by atoms with Gasteiger partial charge in [-0.05, 0) is 35.7 Å². The normalized spacial score (nSPS) is 16.0. The third-order valence-corrected chi connectivity index (χ3v) is 3.73. The van der Waals surface area contributed by atoms with Gasteiger partial charge in [0.1, 0.15) is 5.69 Å². The molecule has 0 aliphatic heterocycles. The first-order valence-electron chi connectivity index (χ1n) is 5.01. The van der Waals surface area contributed by atoms with Crippen LogP contribution in [0.4, 0.5) is 5.69 Å². The van der Waals surface area contributed by atoms with E-state index in [9.17, 15) is 13.3 Å². The fraction of sp³-hybridized carbons (Fsp3) is 0.400. The number of nitrogens with one attached hydrogen (secondary N) is 1. The Morgan fingerprint density at radius 1 is 1.25 bits per heavy atom. The molecule has 0 atom stereocenters. The number of rotatable bonds is 5. The van der Waals surface area contributed by atoms with Crippen LogP contribution in [-0.2, 0) is 15.8 Å². The van der Waals surface area contributed by atoms with E-state index in [0.717, 1.165) is 12.8 Å². The second-order valence-corrected chi connectivity index (χ2v) is 5.66. The molecule has 1 aliphatic rings. The Balaban J connectivity index is 2.04. The van der Waals surface area contributed by atoms with Crippen molar-refractivity contribution in [1.82, 2.24) is 4.72 Å². The van der Waals surface area contributed by atoms with Crippen molar-refractivity contribution in [3.63, 3.8) is 0 Å². The quantitative estimate of drug-likeness (QED) is 0.795. The van der Waals surface area contributed by atoms with Crippen molar-refractivity contribution in [3.8, 4) is 0 Å². The minimum atomic E-state index is -3.25. The van der Waals surface area contributed by atoms with Crippen LogP contribution in [0, 0.1) is 4.91 Å². The smallest absolute Gasteiger partial charge is 0.212 e. The van der Waals surface area contributed by atoms with Gasteiger partial charge in [0, 0.05) is 6.04 Å². The monoisotopic (exact) mass is 240 g/mol. The van der Waals surface area contributed by atoms with Crippen LogP contribution in [0.2, 0.25) is 0 Å². The number of nitroso groups, excluding NO2 is 1. The van der Waals surface area contributed by atoms with Crippen molar-refractivity contribution in [2.45, 2.75) is 24.6 Å². The van der Waals surface area contributed by atoms with E-state index in [4.69, 9.17) is 0 Å². The third-order valence-electron chi connectivity index (χ3n) is 2.32. The average molecular weight is 240 g/mol. The van der Waals surface area contributed by atoms with Gasteiger partial charge in [-0.1, -0.05) is 12.1 Å². The second-order valence-electron chi connectivity index (χ2n) is 3.91. The van der Waals surface area contributed by atoms with Crippen molar-refractivity contribution < 1.29 is 8.42 Å². The molecule has 1 saturated carbocycles. The summed E-state index contributed by atoms with van der Waals surface area (Å²) in [5.74, 6) is -0.0529. The van der Waals surface area contributed by atoms with Gasteiger partial charge in [-0.25, -0.2) is 13.1 Å². The van der Waals surface area contributed by atoms with E-state index < -0.39 is 10.0 Å². The molecule has 0 radical (unpaired) electrons. The van der Waals surface area contributed by atoms with Gasteiger partial charge < -0.3 is 0 Å². The number of hydrogen-bond donors (Lipinski definition) is 1. The minimum absolute atomic E-state index is 0.0529. The zero-order valence-corrected chi connectivity index (χ0v) is 9.40. The van der Waals surface area contributed by atoms with Gasteiger partial charge >= 0.3 is 0 Å². The zero-order valence-electron chi connectivity index (χ0n) is 8.59. The molecule has 0 amide bonds. The van der Waals surface area contributed by atoms with Crippen LogP contribution >= 0.6 is 0 Å². The van der Waals surface area contributed by atoms with Crippen molar-refractivity contribution in [1.29, 1.82) is 0 Å². The van der Waals surface area contributed by atoms with E-state index in [0.29, 0.717) is 11.3 Å². The highest BCUT2D eigenvalue weighted by atomic mass is 32.2. The molecule has 1 N–H and O–H groups in total. The highest BCUT2D eigenvalue weighted by molar-refractivity contribution is 7.88. The Morgan fingerprint density at radius 3 is 2.38 bits per heavy atom. The first-order valence-corrected chi connectivity index (χ1v) is 6.66. The Labute approximate surface area is 93.9 Å². The Morgan fingerprint density at radius 2 is 1.88 bits per heavy atom. The largest absolute Gasteiger partial charge is 0.216 e. The highest BCUT2D eigenvalue weighted by Gasteiger charge is 2.26. The maximum Gasteiger partial charge on any atom is 0.216 e. The first-order chi connectivity index (χ1) is 7.59. The molecule has 0 bridgehead atoms. The molecule has 1 aromatic carbocycles. The van der Waals surface area contributed by atoms with Crippen LogP contribution in [0.15, 0.2) is 29.4 Å². The molecule has 2 rings (SSSR count). The summed E-state index contributed by atoms with van der Waals surface area (Å²) in [5.41, 5.74) is 0.955. The van der Waals surface area contributed by atoms with Gasteiger partial charge in [-0.2, -0.15) is 0 Å². The average Bonchev–Trinajstić information content (AvgIpc) is 3.01. The van der Waals surface area contributed by atoms with Crippen LogP contribution in [0.25, 0.3) is 0 Å². The first kappa shape index (κ1) is 11.2. The maximum absolute atomic E-state index is 11.6. The zero-order chi connectivity index (χ0) is 11.6. The molecule has 0 unspecified atom stereocenters. The topological polar surface area (TPSA) is 75.6 Å². The lowest BCUT2D eigenvalue weighted by atomic mass is 10.2. The third kappa shape index (κ3) is 3.11. The number of benzene rings is 1. The molecule has 0 spiro atoms. The summed E-state index contributed by atoms with van der Waals surface area (Å²) in [5, 5.41) is 2.75. The fourth-order valence-corrected chi connectivity index (χ4v) is 2.83. The van der Waals surface area contributed by atoms with E-state index in [2.05, 4.69) is 9.90 Å². The molecule has 1 aromatic rings. The van der Waals surface area contributed by atoms with Crippen molar-refractivity contribution >= 4 is 15.7 Å². The van der Waals surface area contributed by atoms with Gasteiger partial charge in [0.2, 0.25) is 10.0 Å². The molecule has 0 saturated heterocycles. The van der Waals surface area contributed by atoms with Crippen LogP contribution in [0.5, 0.6) is 0 Å². The van der Waals surface area contributed by atoms with E-state index >= 15 is 0 Å². The lowest BCUT2D eigenvalue weighted by molar-refractivity contribution is 0.580. The summed E-state index contributed by atoms with van der Waals surface area (Å²) in [7, 11) is -3.25. The molecular weight excluding hydrogens is 228 g/mol. The van der Waals surface area contributed by atoms with Gasteiger partial charge in [-0.15, -0.1) is 4.91 Å². The number of hydrogen-bond acceptors (Lipinski definition) is 4. The molecule has 0 aromatic heterocycles. The summed E-state index contributed by atoms with van der Waals surface area (Å²) in [6, 6.07) is 6.34. The Kier molecular flexibility index (Phi) is 3.02. The summed E-state index contributed by atoms with van der Waals surface area (Å²) in [4.78, 5) is 10.2. The Bertz CT molecular complexity index is 477. The predicted octanol–water partition coefficient (Wildman–Crippen LogP) is 1.67. The van der Waals surface area contributed by atoms with Crippen LogP contribution in [0.1, 0.15) is 18.4 Å². The fourth-order valence-electron chi connectivity index (χ4n) is 1.37. The standard InChI is InChI=1S/C10H12N2O3S/c13-11-9-3-1-8(2-4-9)7-16(14,15)12-10-5-6-10/h1-4,10,12H,5-7H2. The molecule has 1 fully saturated rings. The van der Waals surface area contributed by atoms with E-state index in [1.165, 1.54) is 12.1 Å². The lowest BCUT2D eigenvalue weighted by Crippen LogP contribution is -2.26. The predicted molar refractivity (Wildman–Crippen MR) is 60.7 cm³/mol. The van der Waals surface area contributed by atoms with Gasteiger partial charge in [0.05, 0.1) is 5.75 Å². The van der Waals surface area contributed by atoms with Crippen LogP contribution in [-0.4, -0.2) is 14.5 Å². The molecule has 86 valence electrons. The van der Waals surface area contributed by atoms with Crippen LogP contribution in [0.3, 0.4) is 0 Å². The molecule has 5 nitrogen and oxygen atoms in total.